The highest BCUT2D eigenvalue weighted by Gasteiger charge is 2.02. The molecular weight excluding hydrogens is 596 g/mol. The minimum atomic E-state index is -0.687. The molecule has 0 aliphatic heterocycles. The maximum absolute atomic E-state index is 11.5. The Kier molecular flexibility index (Phi) is 28.8. The molecule has 2 N–H and O–H groups in total. The van der Waals surface area contributed by atoms with E-state index in [0.717, 1.165) is 115 Å². The van der Waals surface area contributed by atoms with Gasteiger partial charge in [-0.3, -0.25) is 14.4 Å². The highest BCUT2D eigenvalue weighted by Crippen LogP contribution is 2.16. The first-order chi connectivity index (χ1) is 23.5. The number of benzene rings is 1. The van der Waals surface area contributed by atoms with Crippen molar-refractivity contribution in [3.63, 3.8) is 0 Å². The van der Waals surface area contributed by atoms with E-state index in [0.29, 0.717) is 12.8 Å². The lowest BCUT2D eigenvalue weighted by molar-refractivity contribution is -0.138. The maximum atomic E-state index is 11.5. The van der Waals surface area contributed by atoms with Crippen molar-refractivity contribution in [2.24, 2.45) is 0 Å². The van der Waals surface area contributed by atoms with Crippen molar-refractivity contribution in [2.75, 3.05) is 0 Å². The van der Waals surface area contributed by atoms with Crippen LogP contribution in [0.2, 0.25) is 0 Å². The fourth-order valence-electron chi connectivity index (χ4n) is 5.84. The van der Waals surface area contributed by atoms with Gasteiger partial charge in [0.05, 0.1) is 0 Å². The third kappa shape index (κ3) is 29.0. The van der Waals surface area contributed by atoms with Crippen LogP contribution in [0.5, 0.6) is 0 Å². The average molecular weight is 663 g/mol. The summed E-state index contributed by atoms with van der Waals surface area (Å²) in [5, 5.41) is 17.3. The summed E-state index contributed by atoms with van der Waals surface area (Å²) < 4.78 is 0. The molecule has 0 unspecified atom stereocenters. The maximum Gasteiger partial charge on any atom is 0.303 e. The normalized spacial score (nSPS) is 11.9. The topological polar surface area (TPSA) is 91.7 Å². The van der Waals surface area contributed by atoms with E-state index in [-0.39, 0.29) is 0 Å². The Morgan fingerprint density at radius 2 is 0.771 bits per heavy atom. The van der Waals surface area contributed by atoms with Crippen LogP contribution in [0.1, 0.15) is 176 Å². The van der Waals surface area contributed by atoms with Gasteiger partial charge in [-0.2, -0.15) is 0 Å². The molecule has 0 aliphatic carbocycles. The number of carbonyl (C=O) groups is 3. The Bertz CT molecular complexity index is 1000. The van der Waals surface area contributed by atoms with Gasteiger partial charge in [-0.15, -0.1) is 0 Å². The van der Waals surface area contributed by atoms with E-state index in [9.17, 15) is 14.4 Å². The standard InChI is InChI=1S/C43H66O5/c44-38-41-36-39(31-27-23-19-15-11-7-3-1-5-9-13-17-21-25-29-33-42(45)46)35-40(37-41)32-28-24-20-16-12-8-4-2-6-10-14-18-22-26-30-34-43(47)48/h1-2,5-8,11-12,35-38H,3-4,9-10,13-34H2,(H,45,46)(H,47,48)/b5-1-,6-2-,11-7-,12-8-. The Morgan fingerprint density at radius 1 is 0.438 bits per heavy atom. The second kappa shape index (κ2) is 32.3. The van der Waals surface area contributed by atoms with Gasteiger partial charge in [0.15, 0.2) is 0 Å². The second-order valence-corrected chi connectivity index (χ2v) is 13.2. The molecule has 0 atom stereocenters. The summed E-state index contributed by atoms with van der Waals surface area (Å²) >= 11 is 0. The van der Waals surface area contributed by atoms with Gasteiger partial charge in [0.2, 0.25) is 0 Å². The molecule has 0 spiro atoms. The highest BCUT2D eigenvalue weighted by molar-refractivity contribution is 5.75. The molecule has 5 heteroatoms. The molecule has 0 heterocycles. The van der Waals surface area contributed by atoms with Gasteiger partial charge in [0, 0.05) is 18.4 Å². The fraction of sp³-hybridized carbons (Fsp3) is 0.605. The van der Waals surface area contributed by atoms with E-state index in [4.69, 9.17) is 10.2 Å². The molecule has 48 heavy (non-hydrogen) atoms. The van der Waals surface area contributed by atoms with Gasteiger partial charge >= 0.3 is 11.9 Å². The van der Waals surface area contributed by atoms with Gasteiger partial charge in [-0.1, -0.05) is 106 Å². The van der Waals surface area contributed by atoms with E-state index in [2.05, 4.69) is 66.8 Å². The van der Waals surface area contributed by atoms with Gasteiger partial charge in [-0.05, 0) is 126 Å². The molecule has 1 rings (SSSR count). The third-order valence-electron chi connectivity index (χ3n) is 8.62. The summed E-state index contributed by atoms with van der Waals surface area (Å²) in [6.45, 7) is 0. The smallest absolute Gasteiger partial charge is 0.303 e. The largest absolute Gasteiger partial charge is 0.481 e. The number of aldehydes is 1. The second-order valence-electron chi connectivity index (χ2n) is 13.2. The summed E-state index contributed by atoms with van der Waals surface area (Å²) in [6, 6.07) is 6.43. The van der Waals surface area contributed by atoms with Crippen molar-refractivity contribution in [3.8, 4) is 0 Å². The predicted molar refractivity (Wildman–Crippen MR) is 202 cm³/mol. The molecule has 0 amide bonds. The van der Waals surface area contributed by atoms with Crippen LogP contribution in [0.3, 0.4) is 0 Å². The molecule has 0 radical (unpaired) electrons. The molecule has 0 saturated heterocycles. The zero-order valence-corrected chi connectivity index (χ0v) is 29.9. The van der Waals surface area contributed by atoms with E-state index < -0.39 is 11.9 Å². The van der Waals surface area contributed by atoms with Crippen LogP contribution in [-0.2, 0) is 22.4 Å². The molecule has 5 nitrogen and oxygen atoms in total. The Labute approximate surface area is 292 Å². The van der Waals surface area contributed by atoms with Crippen LogP contribution in [0, 0.1) is 0 Å². The van der Waals surface area contributed by atoms with Crippen molar-refractivity contribution >= 4 is 18.2 Å². The lowest BCUT2D eigenvalue weighted by Crippen LogP contribution is -1.94. The third-order valence-corrected chi connectivity index (χ3v) is 8.62. The van der Waals surface area contributed by atoms with Crippen molar-refractivity contribution in [1.29, 1.82) is 0 Å². The van der Waals surface area contributed by atoms with Crippen molar-refractivity contribution in [3.05, 3.63) is 83.5 Å². The van der Waals surface area contributed by atoms with E-state index >= 15 is 0 Å². The number of allylic oxidation sites excluding steroid dienone is 8. The fourth-order valence-corrected chi connectivity index (χ4v) is 5.84. The Hall–Kier alpha value is -3.21. The van der Waals surface area contributed by atoms with Crippen LogP contribution in [0.25, 0.3) is 0 Å². The number of carboxylic acid groups (broad SMARTS) is 2. The summed E-state index contributed by atoms with van der Waals surface area (Å²) in [5.41, 5.74) is 3.39. The molecule has 0 saturated carbocycles. The number of carbonyl (C=O) groups excluding carboxylic acids is 1. The SMILES string of the molecule is O=Cc1cc(CCCCC/C=C\C/C=C\CCCCCCCC(=O)O)cc(CCCCC/C=C\C/C=C\CCCCCCCC(=O)O)c1. The minimum absolute atomic E-state index is 0.299. The van der Waals surface area contributed by atoms with Crippen LogP contribution >= 0.6 is 0 Å². The predicted octanol–water partition coefficient (Wildman–Crippen LogP) is 12.3. The van der Waals surface area contributed by atoms with Crippen molar-refractivity contribution in [1.82, 2.24) is 0 Å². The molecule has 0 fully saturated rings. The molecule has 0 bridgehead atoms. The van der Waals surface area contributed by atoms with Crippen LogP contribution in [0.15, 0.2) is 66.8 Å². The quantitative estimate of drug-likeness (QED) is 0.0444. The first-order valence-corrected chi connectivity index (χ1v) is 19.1. The summed E-state index contributed by atoms with van der Waals surface area (Å²) in [7, 11) is 0. The zero-order valence-electron chi connectivity index (χ0n) is 29.9. The molecule has 1 aromatic carbocycles. The van der Waals surface area contributed by atoms with Gasteiger partial charge in [0.1, 0.15) is 6.29 Å². The molecular formula is C43H66O5. The molecule has 0 aromatic heterocycles. The monoisotopic (exact) mass is 662 g/mol. The van der Waals surface area contributed by atoms with Gasteiger partial charge < -0.3 is 10.2 Å². The highest BCUT2D eigenvalue weighted by atomic mass is 16.4. The summed E-state index contributed by atoms with van der Waals surface area (Å²) in [5.74, 6) is -1.37. The number of carboxylic acids is 2. The Morgan fingerprint density at radius 3 is 1.12 bits per heavy atom. The lowest BCUT2D eigenvalue weighted by atomic mass is 9.98. The number of unbranched alkanes of at least 4 members (excludes halogenated alkanes) is 16. The van der Waals surface area contributed by atoms with Crippen molar-refractivity contribution in [2.45, 2.75) is 167 Å². The number of aliphatic carboxylic acids is 2. The van der Waals surface area contributed by atoms with E-state index in [1.807, 2.05) is 0 Å². The van der Waals surface area contributed by atoms with Gasteiger partial charge in [0.25, 0.3) is 0 Å². The number of hydrogen-bond acceptors (Lipinski definition) is 3. The van der Waals surface area contributed by atoms with Crippen molar-refractivity contribution < 1.29 is 24.6 Å². The summed E-state index contributed by atoms with van der Waals surface area (Å²) in [6.07, 6.45) is 46.0. The number of aryl methyl sites for hydroxylation is 2. The zero-order chi connectivity index (χ0) is 34.8. The minimum Gasteiger partial charge on any atom is -0.481 e. The first kappa shape index (κ1) is 42.8. The van der Waals surface area contributed by atoms with E-state index in [1.54, 1.807) is 0 Å². The average Bonchev–Trinajstić information content (AvgIpc) is 3.07. The summed E-state index contributed by atoms with van der Waals surface area (Å²) in [4.78, 5) is 32.5. The van der Waals surface area contributed by atoms with Gasteiger partial charge in [-0.25, -0.2) is 0 Å². The van der Waals surface area contributed by atoms with E-state index in [1.165, 1.54) is 62.5 Å². The molecule has 0 aliphatic rings. The van der Waals surface area contributed by atoms with Crippen LogP contribution < -0.4 is 0 Å². The first-order valence-electron chi connectivity index (χ1n) is 19.1. The molecule has 1 aromatic rings. The molecule has 268 valence electrons. The lowest BCUT2D eigenvalue weighted by Gasteiger charge is -2.08. The number of hydrogen-bond donors (Lipinski definition) is 2. The van der Waals surface area contributed by atoms with Crippen LogP contribution in [-0.4, -0.2) is 28.4 Å². The van der Waals surface area contributed by atoms with Crippen LogP contribution in [0.4, 0.5) is 0 Å². The number of rotatable bonds is 33. The Balaban J connectivity index is 2.06.